The lowest BCUT2D eigenvalue weighted by Gasteiger charge is -2.55. The van der Waals surface area contributed by atoms with Crippen molar-refractivity contribution >= 4 is 5.97 Å². The van der Waals surface area contributed by atoms with E-state index < -0.39 is 0 Å². The highest BCUT2D eigenvalue weighted by Crippen LogP contribution is 2.57. The Bertz CT molecular complexity index is 891. The van der Waals surface area contributed by atoms with Crippen LogP contribution in [-0.2, 0) is 16.6 Å². The van der Waals surface area contributed by atoms with Crippen LogP contribution in [0, 0.1) is 11.3 Å². The van der Waals surface area contributed by atoms with E-state index in [1.807, 2.05) is 0 Å². The van der Waals surface area contributed by atoms with E-state index in [-0.39, 0.29) is 16.8 Å². The summed E-state index contributed by atoms with van der Waals surface area (Å²) in [4.78, 5) is 16.5. The molecule has 3 atom stereocenters. The van der Waals surface area contributed by atoms with Gasteiger partial charge in [-0.25, -0.2) is 4.79 Å². The predicted molar refractivity (Wildman–Crippen MR) is 116 cm³/mol. The minimum Gasteiger partial charge on any atom is -0.461 e. The van der Waals surface area contributed by atoms with Crippen molar-refractivity contribution in [1.29, 1.82) is 0 Å². The molecule has 1 aromatic carbocycles. The fourth-order valence-electron chi connectivity index (χ4n) is 5.97. The molecular weight excluding hydrogens is 358 g/mol. The van der Waals surface area contributed by atoms with Gasteiger partial charge < -0.3 is 4.74 Å². The third-order valence-electron chi connectivity index (χ3n) is 7.60. The number of aromatic nitrogens is 1. The monoisotopic (exact) mass is 391 g/mol. The number of benzene rings is 1. The number of aryl methyl sites for hydroxylation is 1. The minimum absolute atomic E-state index is 0.0132. The zero-order valence-corrected chi connectivity index (χ0v) is 18.2. The molecule has 0 bridgehead atoms. The summed E-state index contributed by atoms with van der Waals surface area (Å²) in [6, 6.07) is 10.7. The molecule has 0 N–H and O–H groups in total. The molecule has 1 saturated carbocycles. The fraction of sp³-hybridized carbons (Fsp3) is 0.538. The first-order valence-electron chi connectivity index (χ1n) is 11.0. The van der Waals surface area contributed by atoms with Crippen LogP contribution in [0.1, 0.15) is 86.3 Å². The van der Waals surface area contributed by atoms with Gasteiger partial charge in [0.15, 0.2) is 0 Å². The number of esters is 1. The molecule has 154 valence electrons. The summed E-state index contributed by atoms with van der Waals surface area (Å²) >= 11 is 0. The molecule has 1 fully saturated rings. The van der Waals surface area contributed by atoms with Crippen molar-refractivity contribution in [2.24, 2.45) is 11.3 Å². The van der Waals surface area contributed by atoms with Crippen molar-refractivity contribution in [2.75, 3.05) is 6.61 Å². The maximum absolute atomic E-state index is 12.5. The quantitative estimate of drug-likeness (QED) is 0.594. The first-order valence-corrected chi connectivity index (χ1v) is 11.0. The van der Waals surface area contributed by atoms with Crippen LogP contribution >= 0.6 is 0 Å². The van der Waals surface area contributed by atoms with E-state index in [4.69, 9.17) is 4.74 Å². The predicted octanol–water partition coefficient (Wildman–Crippen LogP) is 6.07. The summed E-state index contributed by atoms with van der Waals surface area (Å²) < 4.78 is 5.82. The number of carbonyl (C=O) groups excluding carboxylic acids is 1. The molecule has 0 radical (unpaired) electrons. The number of nitrogens with zero attached hydrogens (tertiary/aromatic N) is 1. The summed E-state index contributed by atoms with van der Waals surface area (Å²) in [6.07, 6.45) is 9.08. The molecule has 1 aromatic heterocycles. The summed E-state index contributed by atoms with van der Waals surface area (Å²) in [7, 11) is 0. The number of hydrogen-bond acceptors (Lipinski definition) is 3. The molecule has 2 aliphatic carbocycles. The molecule has 0 saturated heterocycles. The maximum atomic E-state index is 12.5. The van der Waals surface area contributed by atoms with Crippen LogP contribution < -0.4 is 0 Å². The van der Waals surface area contributed by atoms with E-state index in [0.717, 1.165) is 12.8 Å². The Morgan fingerprint density at radius 2 is 2.07 bits per heavy atom. The van der Waals surface area contributed by atoms with Crippen molar-refractivity contribution < 1.29 is 9.53 Å². The fourth-order valence-corrected chi connectivity index (χ4v) is 5.97. The molecule has 0 amide bonds. The standard InChI is InChI=1S/C26H33NO2/c1-18(2)19-8-10-22-20(15-19)9-11-23-25(3,12-6-13-26(22,23)4)17-29-24(28)21-7-5-14-27-16-21/h5,7-8,10,14-16,18,23H,6,9,11-13,17H2,1-4H3/t23-,25-,26+/m0/s1. The lowest BCUT2D eigenvalue weighted by atomic mass is 9.50. The van der Waals surface area contributed by atoms with E-state index in [1.54, 1.807) is 24.5 Å². The second-order valence-corrected chi connectivity index (χ2v) is 9.91. The Morgan fingerprint density at radius 1 is 1.24 bits per heavy atom. The summed E-state index contributed by atoms with van der Waals surface area (Å²) in [6.45, 7) is 9.80. The third kappa shape index (κ3) is 3.60. The summed E-state index contributed by atoms with van der Waals surface area (Å²) in [5.41, 5.74) is 5.21. The highest BCUT2D eigenvalue weighted by Gasteiger charge is 2.52. The lowest BCUT2D eigenvalue weighted by molar-refractivity contribution is -0.0331. The van der Waals surface area contributed by atoms with Gasteiger partial charge in [-0.05, 0) is 71.8 Å². The molecule has 3 nitrogen and oxygen atoms in total. The van der Waals surface area contributed by atoms with Gasteiger partial charge in [0.25, 0.3) is 0 Å². The Balaban J connectivity index is 1.57. The minimum atomic E-state index is -0.260. The summed E-state index contributed by atoms with van der Waals surface area (Å²) in [5, 5.41) is 0. The molecule has 0 aliphatic heterocycles. The van der Waals surface area contributed by atoms with E-state index in [1.165, 1.54) is 36.0 Å². The van der Waals surface area contributed by atoms with Gasteiger partial charge in [-0.1, -0.05) is 52.3 Å². The second kappa shape index (κ2) is 7.59. The maximum Gasteiger partial charge on any atom is 0.339 e. The van der Waals surface area contributed by atoms with Gasteiger partial charge in [0, 0.05) is 17.8 Å². The lowest BCUT2D eigenvalue weighted by Crippen LogP contribution is -2.51. The number of fused-ring (bicyclic) bond motifs is 3. The third-order valence-corrected chi connectivity index (χ3v) is 7.60. The Morgan fingerprint density at radius 3 is 2.79 bits per heavy atom. The number of rotatable bonds is 4. The molecule has 3 heteroatoms. The molecular formula is C26H33NO2. The normalized spacial score (nSPS) is 28.5. The van der Waals surface area contributed by atoms with Crippen molar-refractivity contribution in [3.05, 3.63) is 65.0 Å². The van der Waals surface area contributed by atoms with Crippen LogP contribution in [0.2, 0.25) is 0 Å². The number of carbonyl (C=O) groups is 1. The Labute approximate surface area is 174 Å². The van der Waals surface area contributed by atoms with Gasteiger partial charge in [-0.15, -0.1) is 0 Å². The van der Waals surface area contributed by atoms with E-state index in [9.17, 15) is 4.79 Å². The summed E-state index contributed by atoms with van der Waals surface area (Å²) in [5.74, 6) is 0.835. The highest BCUT2D eigenvalue weighted by atomic mass is 16.5. The molecule has 0 unspecified atom stereocenters. The molecule has 29 heavy (non-hydrogen) atoms. The van der Waals surface area contributed by atoms with Crippen LogP contribution in [0.3, 0.4) is 0 Å². The van der Waals surface area contributed by atoms with Crippen molar-refractivity contribution in [3.8, 4) is 0 Å². The van der Waals surface area contributed by atoms with Gasteiger partial charge in [-0.2, -0.15) is 0 Å². The van der Waals surface area contributed by atoms with Gasteiger partial charge >= 0.3 is 5.97 Å². The van der Waals surface area contributed by atoms with Gasteiger partial charge in [0.1, 0.15) is 0 Å². The highest BCUT2D eigenvalue weighted by molar-refractivity contribution is 5.88. The van der Waals surface area contributed by atoms with Crippen LogP contribution in [0.25, 0.3) is 0 Å². The zero-order chi connectivity index (χ0) is 20.6. The number of pyridine rings is 1. The van der Waals surface area contributed by atoms with Gasteiger partial charge in [0.2, 0.25) is 0 Å². The largest absolute Gasteiger partial charge is 0.461 e. The average Bonchev–Trinajstić information content (AvgIpc) is 2.72. The van der Waals surface area contributed by atoms with Crippen LogP contribution in [0.4, 0.5) is 0 Å². The van der Waals surface area contributed by atoms with Crippen LogP contribution in [-0.4, -0.2) is 17.6 Å². The second-order valence-electron chi connectivity index (χ2n) is 9.91. The van der Waals surface area contributed by atoms with Gasteiger partial charge in [-0.3, -0.25) is 4.98 Å². The van der Waals surface area contributed by atoms with Crippen LogP contribution in [0.15, 0.2) is 42.7 Å². The first-order chi connectivity index (χ1) is 13.8. The number of hydrogen-bond donors (Lipinski definition) is 0. The van der Waals surface area contributed by atoms with Crippen molar-refractivity contribution in [2.45, 2.75) is 71.1 Å². The smallest absolute Gasteiger partial charge is 0.339 e. The topological polar surface area (TPSA) is 39.2 Å². The molecule has 1 heterocycles. The molecule has 4 rings (SSSR count). The Kier molecular flexibility index (Phi) is 5.27. The molecule has 0 spiro atoms. The first kappa shape index (κ1) is 20.1. The van der Waals surface area contributed by atoms with Gasteiger partial charge in [0.05, 0.1) is 12.2 Å². The SMILES string of the molecule is CC(C)c1ccc2c(c1)CC[C@H]1[C@](C)(COC(=O)c3cccnc3)CCC[C@]21C. The van der Waals surface area contributed by atoms with Crippen molar-refractivity contribution in [1.82, 2.24) is 4.98 Å². The van der Waals surface area contributed by atoms with Crippen molar-refractivity contribution in [3.63, 3.8) is 0 Å². The molecule has 2 aromatic rings. The van der Waals surface area contributed by atoms with E-state index >= 15 is 0 Å². The Hall–Kier alpha value is -2.16. The van der Waals surface area contributed by atoms with E-state index in [0.29, 0.717) is 24.0 Å². The molecule has 2 aliphatic rings. The van der Waals surface area contributed by atoms with E-state index in [2.05, 4.69) is 50.9 Å². The zero-order valence-electron chi connectivity index (χ0n) is 18.2. The average molecular weight is 392 g/mol. The van der Waals surface area contributed by atoms with Crippen LogP contribution in [0.5, 0.6) is 0 Å². The number of ether oxygens (including phenoxy) is 1.